The van der Waals surface area contributed by atoms with Gasteiger partial charge < -0.3 is 20.3 Å². The Labute approximate surface area is 213 Å². The summed E-state index contributed by atoms with van der Waals surface area (Å²) in [5, 5.41) is 6.00. The maximum Gasteiger partial charge on any atom is 0.433 e. The SMILES string of the molecule is C[C@@H]1C[C@@H](C)CN(c2cc(C(F)(F)F)nc(NC(=S)NCC3(c4ccc(F)cc4)CCOCC3)n2)C1. The summed E-state index contributed by atoms with van der Waals surface area (Å²) in [5.74, 6) is 0.402. The third kappa shape index (κ3) is 6.42. The molecule has 1 aromatic heterocycles. The first-order chi connectivity index (χ1) is 17.0. The number of piperidine rings is 1. The van der Waals surface area contributed by atoms with Crippen LogP contribution in [0.3, 0.4) is 0 Å². The lowest BCUT2D eigenvalue weighted by Gasteiger charge is -2.38. The number of halogens is 4. The maximum absolute atomic E-state index is 13.6. The van der Waals surface area contributed by atoms with Crippen LogP contribution in [0.4, 0.5) is 29.3 Å². The molecule has 196 valence electrons. The van der Waals surface area contributed by atoms with Gasteiger partial charge in [-0.2, -0.15) is 18.2 Å². The number of hydrogen-bond acceptors (Lipinski definition) is 5. The molecule has 2 aliphatic heterocycles. The first kappa shape index (κ1) is 26.5. The predicted octanol–water partition coefficient (Wildman–Crippen LogP) is 5.15. The van der Waals surface area contributed by atoms with Crippen LogP contribution in [0.25, 0.3) is 0 Å². The Morgan fingerprint density at radius 2 is 1.75 bits per heavy atom. The number of anilines is 2. The minimum absolute atomic E-state index is 0.119. The summed E-state index contributed by atoms with van der Waals surface area (Å²) in [6.07, 6.45) is -2.20. The van der Waals surface area contributed by atoms with Gasteiger partial charge in [0.25, 0.3) is 0 Å². The van der Waals surface area contributed by atoms with Gasteiger partial charge in [-0.3, -0.25) is 0 Å². The van der Waals surface area contributed by atoms with Crippen LogP contribution in [-0.4, -0.2) is 47.9 Å². The third-order valence-corrected chi connectivity index (χ3v) is 7.16. The molecule has 0 bridgehead atoms. The molecule has 4 rings (SSSR count). The lowest BCUT2D eigenvalue weighted by atomic mass is 9.74. The van der Waals surface area contributed by atoms with Crippen molar-refractivity contribution in [2.75, 3.05) is 43.1 Å². The molecule has 2 fully saturated rings. The Balaban J connectivity index is 1.51. The van der Waals surface area contributed by atoms with Gasteiger partial charge in [0, 0.05) is 44.3 Å². The highest BCUT2D eigenvalue weighted by molar-refractivity contribution is 7.80. The molecule has 0 spiro atoms. The molecule has 0 amide bonds. The van der Waals surface area contributed by atoms with Crippen LogP contribution in [0.15, 0.2) is 30.3 Å². The zero-order valence-electron chi connectivity index (χ0n) is 20.4. The first-order valence-corrected chi connectivity index (χ1v) is 12.5. The molecule has 2 atom stereocenters. The Hall–Kier alpha value is -2.53. The smallest absolute Gasteiger partial charge is 0.381 e. The Bertz CT molecular complexity index is 1050. The standard InChI is InChI=1S/C25H31F4N5OS/c1-16-11-17(2)14-34(13-16)21-12-20(25(27,28)29)31-22(32-21)33-23(36)30-15-24(7-9-35-10-8-24)18-3-5-19(26)6-4-18/h3-6,12,16-17H,7-11,13-15H2,1-2H3,(H2,30,31,32,33,36)/t16-,17-/m1/s1. The fourth-order valence-corrected chi connectivity index (χ4v) is 5.34. The fraction of sp³-hybridized carbons (Fsp3) is 0.560. The first-order valence-electron chi connectivity index (χ1n) is 12.1. The Morgan fingerprint density at radius 1 is 1.11 bits per heavy atom. The third-order valence-electron chi connectivity index (χ3n) is 6.92. The van der Waals surface area contributed by atoms with E-state index in [9.17, 15) is 17.6 Å². The molecule has 36 heavy (non-hydrogen) atoms. The lowest BCUT2D eigenvalue weighted by Crippen LogP contribution is -2.45. The number of benzene rings is 1. The second-order valence-electron chi connectivity index (χ2n) is 9.99. The van der Waals surface area contributed by atoms with Gasteiger partial charge in [-0.25, -0.2) is 9.37 Å². The second kappa shape index (κ2) is 10.8. The summed E-state index contributed by atoms with van der Waals surface area (Å²) >= 11 is 5.41. The monoisotopic (exact) mass is 525 g/mol. The van der Waals surface area contributed by atoms with E-state index < -0.39 is 11.9 Å². The number of rotatable bonds is 5. The van der Waals surface area contributed by atoms with Crippen molar-refractivity contribution in [3.8, 4) is 0 Å². The largest absolute Gasteiger partial charge is 0.433 e. The van der Waals surface area contributed by atoms with E-state index in [0.717, 1.165) is 18.1 Å². The van der Waals surface area contributed by atoms with Crippen LogP contribution in [0.5, 0.6) is 0 Å². The molecule has 2 aromatic rings. The second-order valence-corrected chi connectivity index (χ2v) is 10.4. The van der Waals surface area contributed by atoms with Gasteiger partial charge in [-0.15, -0.1) is 0 Å². The minimum atomic E-state index is -4.62. The van der Waals surface area contributed by atoms with Crippen LogP contribution in [0, 0.1) is 17.7 Å². The zero-order valence-corrected chi connectivity index (χ0v) is 21.2. The fourth-order valence-electron chi connectivity index (χ4n) is 5.18. The van der Waals surface area contributed by atoms with Crippen molar-refractivity contribution in [1.29, 1.82) is 0 Å². The minimum Gasteiger partial charge on any atom is -0.381 e. The van der Waals surface area contributed by atoms with E-state index >= 15 is 0 Å². The topological polar surface area (TPSA) is 62.3 Å². The summed E-state index contributed by atoms with van der Waals surface area (Å²) in [4.78, 5) is 9.95. The van der Waals surface area contributed by atoms with Gasteiger partial charge in [0.15, 0.2) is 10.8 Å². The number of thiocarbonyl (C=S) groups is 1. The molecule has 1 aromatic carbocycles. The zero-order chi connectivity index (χ0) is 25.9. The lowest BCUT2D eigenvalue weighted by molar-refractivity contribution is -0.141. The van der Waals surface area contributed by atoms with Crippen LogP contribution in [0.2, 0.25) is 0 Å². The van der Waals surface area contributed by atoms with Gasteiger partial charge in [0.05, 0.1) is 0 Å². The van der Waals surface area contributed by atoms with E-state index in [4.69, 9.17) is 17.0 Å². The molecule has 6 nitrogen and oxygen atoms in total. The number of ether oxygens (including phenoxy) is 1. The number of aromatic nitrogens is 2. The maximum atomic E-state index is 13.6. The van der Waals surface area contributed by atoms with E-state index in [-0.39, 0.29) is 28.1 Å². The number of hydrogen-bond donors (Lipinski definition) is 2. The van der Waals surface area contributed by atoms with Crippen molar-refractivity contribution in [1.82, 2.24) is 15.3 Å². The molecule has 0 aliphatic carbocycles. The van der Waals surface area contributed by atoms with Crippen molar-refractivity contribution in [2.24, 2.45) is 11.8 Å². The highest BCUT2D eigenvalue weighted by Crippen LogP contribution is 2.35. The van der Waals surface area contributed by atoms with Gasteiger partial charge in [-0.05, 0) is 61.0 Å². The average molecular weight is 526 g/mol. The molecule has 0 radical (unpaired) electrons. The van der Waals surface area contributed by atoms with E-state index in [1.54, 1.807) is 12.1 Å². The van der Waals surface area contributed by atoms with Crippen LogP contribution >= 0.6 is 12.2 Å². The summed E-state index contributed by atoms with van der Waals surface area (Å²) in [6, 6.07) is 7.34. The predicted molar refractivity (Wildman–Crippen MR) is 135 cm³/mol. The van der Waals surface area contributed by atoms with Gasteiger partial charge >= 0.3 is 6.18 Å². The average Bonchev–Trinajstić information content (AvgIpc) is 2.82. The molecule has 2 N–H and O–H groups in total. The highest BCUT2D eigenvalue weighted by atomic mass is 32.1. The summed E-state index contributed by atoms with van der Waals surface area (Å²) < 4.78 is 59.9. The van der Waals surface area contributed by atoms with Crippen molar-refractivity contribution in [2.45, 2.75) is 44.7 Å². The molecule has 0 unspecified atom stereocenters. The molecule has 2 aliphatic rings. The van der Waals surface area contributed by atoms with Gasteiger partial charge in [-0.1, -0.05) is 26.0 Å². The molecule has 0 saturated carbocycles. The Kier molecular flexibility index (Phi) is 7.99. The molecular formula is C25H31F4N5OS. The van der Waals surface area contributed by atoms with Crippen molar-refractivity contribution < 1.29 is 22.3 Å². The number of nitrogens with zero attached hydrogens (tertiary/aromatic N) is 3. The van der Waals surface area contributed by atoms with E-state index in [1.165, 1.54) is 12.1 Å². The molecule has 11 heteroatoms. The number of alkyl halides is 3. The van der Waals surface area contributed by atoms with Crippen LogP contribution in [0.1, 0.15) is 44.4 Å². The highest BCUT2D eigenvalue weighted by Gasteiger charge is 2.36. The summed E-state index contributed by atoms with van der Waals surface area (Å²) in [6.45, 7) is 6.92. The van der Waals surface area contributed by atoms with Crippen LogP contribution < -0.4 is 15.5 Å². The molecule has 3 heterocycles. The number of nitrogens with one attached hydrogen (secondary N) is 2. The summed E-state index contributed by atoms with van der Waals surface area (Å²) in [5.41, 5.74) is -0.415. The van der Waals surface area contributed by atoms with E-state index in [0.29, 0.717) is 57.5 Å². The van der Waals surface area contributed by atoms with E-state index in [1.807, 2.05) is 4.90 Å². The van der Waals surface area contributed by atoms with Crippen LogP contribution in [-0.2, 0) is 16.3 Å². The van der Waals surface area contributed by atoms with Gasteiger partial charge in [0.2, 0.25) is 5.95 Å². The van der Waals surface area contributed by atoms with Crippen molar-refractivity contribution in [3.05, 3.63) is 47.4 Å². The van der Waals surface area contributed by atoms with Crippen molar-refractivity contribution in [3.63, 3.8) is 0 Å². The Morgan fingerprint density at radius 3 is 2.36 bits per heavy atom. The molecule has 2 saturated heterocycles. The van der Waals surface area contributed by atoms with Gasteiger partial charge in [0.1, 0.15) is 11.6 Å². The normalized spacial score (nSPS) is 22.2. The molecular weight excluding hydrogens is 494 g/mol. The van der Waals surface area contributed by atoms with E-state index in [2.05, 4.69) is 34.4 Å². The quantitative estimate of drug-likeness (QED) is 0.414. The summed E-state index contributed by atoms with van der Waals surface area (Å²) in [7, 11) is 0. The van der Waals surface area contributed by atoms with Crippen molar-refractivity contribution >= 4 is 29.1 Å².